The second-order valence-corrected chi connectivity index (χ2v) is 4.87. The van der Waals surface area contributed by atoms with Crippen molar-refractivity contribution in [2.45, 2.75) is 19.9 Å². The molecule has 0 spiro atoms. The lowest BCUT2D eigenvalue weighted by Gasteiger charge is -2.06. The van der Waals surface area contributed by atoms with Crippen molar-refractivity contribution in [3.63, 3.8) is 0 Å². The Labute approximate surface area is 107 Å². The molecule has 5 nitrogen and oxygen atoms in total. The molecule has 0 aliphatic heterocycles. The molecular formula is C12H12N2O3S. The number of aryl methyl sites for hydroxylation is 3. The number of hydrogen-bond donors (Lipinski definition) is 1. The average Bonchev–Trinajstić information content (AvgIpc) is 2.82. The van der Waals surface area contributed by atoms with Gasteiger partial charge < -0.3 is 5.11 Å². The molecule has 18 heavy (non-hydrogen) atoms. The van der Waals surface area contributed by atoms with Gasteiger partial charge in [-0.25, -0.2) is 9.48 Å². The van der Waals surface area contributed by atoms with E-state index in [1.165, 1.54) is 9.56 Å². The predicted molar refractivity (Wildman–Crippen MR) is 68.2 cm³/mol. The predicted octanol–water partition coefficient (Wildman–Crippen LogP) is 1.55. The first-order chi connectivity index (χ1) is 8.58. The first kappa shape index (κ1) is 12.5. The molecule has 0 saturated carbocycles. The molecule has 2 rings (SSSR count). The molecule has 0 atom stereocenters. The van der Waals surface area contributed by atoms with Crippen molar-refractivity contribution in [2.24, 2.45) is 0 Å². The molecule has 2 heterocycles. The third-order valence-electron chi connectivity index (χ3n) is 2.56. The van der Waals surface area contributed by atoms with Crippen LogP contribution >= 0.6 is 11.3 Å². The number of rotatable bonds is 4. The Hall–Kier alpha value is -1.95. The number of nitrogens with zero attached hydrogens (tertiary/aromatic N) is 2. The van der Waals surface area contributed by atoms with Gasteiger partial charge in [0.2, 0.25) is 0 Å². The summed E-state index contributed by atoms with van der Waals surface area (Å²) in [6.07, 6.45) is 0.719. The first-order valence-electron chi connectivity index (χ1n) is 5.42. The minimum Gasteiger partial charge on any atom is -0.478 e. The van der Waals surface area contributed by atoms with Crippen molar-refractivity contribution >= 4 is 17.3 Å². The standard InChI is InChI=1S/C12H12N2O3S/c1-8-10(12(16)17)7-11(15)14(13-8)5-4-9-3-2-6-18-9/h2-3,6-7H,4-5H2,1H3,(H,16,17). The summed E-state index contributed by atoms with van der Waals surface area (Å²) in [4.78, 5) is 23.7. The van der Waals surface area contributed by atoms with Crippen molar-refractivity contribution < 1.29 is 9.90 Å². The Morgan fingerprint density at radius 2 is 2.33 bits per heavy atom. The maximum atomic E-state index is 11.7. The highest BCUT2D eigenvalue weighted by Crippen LogP contribution is 2.09. The molecule has 0 saturated heterocycles. The highest BCUT2D eigenvalue weighted by molar-refractivity contribution is 7.09. The Balaban J connectivity index is 2.22. The highest BCUT2D eigenvalue weighted by atomic mass is 32.1. The van der Waals surface area contributed by atoms with Crippen molar-refractivity contribution in [1.82, 2.24) is 9.78 Å². The van der Waals surface area contributed by atoms with Crippen molar-refractivity contribution in [3.05, 3.63) is 50.1 Å². The van der Waals surface area contributed by atoms with E-state index in [4.69, 9.17) is 5.11 Å². The lowest BCUT2D eigenvalue weighted by Crippen LogP contribution is -2.26. The Bertz CT molecular complexity index is 617. The molecule has 0 aromatic carbocycles. The van der Waals surface area contributed by atoms with Crippen molar-refractivity contribution in [3.8, 4) is 0 Å². The number of aromatic nitrogens is 2. The molecular weight excluding hydrogens is 252 g/mol. The molecule has 6 heteroatoms. The fourth-order valence-electron chi connectivity index (χ4n) is 1.63. The molecule has 0 aliphatic carbocycles. The fourth-order valence-corrected chi connectivity index (χ4v) is 2.33. The molecule has 0 unspecified atom stereocenters. The molecule has 0 radical (unpaired) electrons. The zero-order valence-electron chi connectivity index (χ0n) is 9.79. The molecule has 1 N–H and O–H groups in total. The van der Waals surface area contributed by atoms with Crippen molar-refractivity contribution in [2.75, 3.05) is 0 Å². The van der Waals surface area contributed by atoms with Crippen LogP contribution in [0, 0.1) is 6.92 Å². The zero-order chi connectivity index (χ0) is 13.1. The van der Waals surface area contributed by atoms with E-state index in [0.717, 1.165) is 12.5 Å². The lowest BCUT2D eigenvalue weighted by atomic mass is 10.2. The lowest BCUT2D eigenvalue weighted by molar-refractivity contribution is 0.0695. The smallest absolute Gasteiger partial charge is 0.337 e. The van der Waals surface area contributed by atoms with Gasteiger partial charge in [-0.15, -0.1) is 11.3 Å². The van der Waals surface area contributed by atoms with Gasteiger partial charge in [0.05, 0.1) is 11.3 Å². The van der Waals surface area contributed by atoms with Gasteiger partial charge in [-0.2, -0.15) is 5.10 Å². The van der Waals surface area contributed by atoms with Crippen LogP contribution < -0.4 is 5.56 Å². The van der Waals surface area contributed by atoms with E-state index in [1.807, 2.05) is 17.5 Å². The summed E-state index contributed by atoms with van der Waals surface area (Å²) < 4.78 is 1.31. The Morgan fingerprint density at radius 3 is 2.94 bits per heavy atom. The van der Waals surface area contributed by atoms with Gasteiger partial charge in [0.25, 0.3) is 5.56 Å². The van der Waals surface area contributed by atoms with Crippen molar-refractivity contribution in [1.29, 1.82) is 0 Å². The highest BCUT2D eigenvalue weighted by Gasteiger charge is 2.11. The van der Waals surface area contributed by atoms with Crippen LogP contribution in [0.5, 0.6) is 0 Å². The topological polar surface area (TPSA) is 72.2 Å². The van der Waals surface area contributed by atoms with Crippen LogP contribution in [-0.2, 0) is 13.0 Å². The van der Waals surface area contributed by atoms with E-state index < -0.39 is 5.97 Å². The number of aromatic carboxylic acids is 1. The summed E-state index contributed by atoms with van der Waals surface area (Å²) >= 11 is 1.62. The second kappa shape index (κ2) is 5.14. The summed E-state index contributed by atoms with van der Waals surface area (Å²) in [6, 6.07) is 5.07. The van der Waals surface area contributed by atoms with Gasteiger partial charge in [-0.3, -0.25) is 4.79 Å². The monoisotopic (exact) mass is 264 g/mol. The van der Waals surface area contributed by atoms with Crippen LogP contribution in [-0.4, -0.2) is 20.9 Å². The molecule has 94 valence electrons. The van der Waals surface area contributed by atoms with Crippen LogP contribution in [0.1, 0.15) is 20.9 Å². The SMILES string of the molecule is Cc1nn(CCc2cccs2)c(=O)cc1C(=O)O. The Morgan fingerprint density at radius 1 is 1.56 bits per heavy atom. The molecule has 2 aromatic heterocycles. The molecule has 0 fully saturated rings. The third-order valence-corrected chi connectivity index (χ3v) is 3.50. The molecule has 0 bridgehead atoms. The van der Waals surface area contributed by atoms with Gasteiger partial charge in [0.1, 0.15) is 0 Å². The summed E-state index contributed by atoms with van der Waals surface area (Å²) in [5.74, 6) is -1.12. The molecule has 2 aromatic rings. The van der Waals surface area contributed by atoms with E-state index >= 15 is 0 Å². The van der Waals surface area contributed by atoms with Gasteiger partial charge in [0, 0.05) is 23.9 Å². The van der Waals surface area contributed by atoms with E-state index in [-0.39, 0.29) is 11.1 Å². The van der Waals surface area contributed by atoms with Gasteiger partial charge in [-0.1, -0.05) is 6.07 Å². The third kappa shape index (κ3) is 2.65. The maximum Gasteiger partial charge on any atom is 0.337 e. The quantitative estimate of drug-likeness (QED) is 0.909. The largest absolute Gasteiger partial charge is 0.478 e. The maximum absolute atomic E-state index is 11.7. The minimum absolute atomic E-state index is 0.0348. The second-order valence-electron chi connectivity index (χ2n) is 3.84. The number of thiophene rings is 1. The van der Waals surface area contributed by atoms with E-state index in [9.17, 15) is 9.59 Å². The minimum atomic E-state index is -1.12. The normalized spacial score (nSPS) is 10.5. The van der Waals surface area contributed by atoms with Crippen LogP contribution in [0.2, 0.25) is 0 Å². The number of carbonyl (C=O) groups is 1. The number of carboxylic acids is 1. The summed E-state index contributed by atoms with van der Waals surface area (Å²) in [5.41, 5.74) is -0.0600. The van der Waals surface area contributed by atoms with E-state index in [1.54, 1.807) is 18.3 Å². The van der Waals surface area contributed by atoms with Crippen LogP contribution in [0.4, 0.5) is 0 Å². The van der Waals surface area contributed by atoms with Crippen LogP contribution in [0.15, 0.2) is 28.4 Å². The summed E-state index contributed by atoms with van der Waals surface area (Å²) in [7, 11) is 0. The van der Waals surface area contributed by atoms with Crippen LogP contribution in [0.3, 0.4) is 0 Å². The molecule has 0 aliphatic rings. The fraction of sp³-hybridized carbons (Fsp3) is 0.250. The summed E-state index contributed by atoms with van der Waals surface area (Å²) in [5, 5.41) is 14.9. The van der Waals surface area contributed by atoms with Gasteiger partial charge in [-0.05, 0) is 18.4 Å². The Kier molecular flexibility index (Phi) is 3.57. The average molecular weight is 264 g/mol. The number of hydrogen-bond acceptors (Lipinski definition) is 4. The van der Waals surface area contributed by atoms with E-state index in [0.29, 0.717) is 12.2 Å². The van der Waals surface area contributed by atoms with E-state index in [2.05, 4.69) is 5.10 Å². The van der Waals surface area contributed by atoms with Crippen LogP contribution in [0.25, 0.3) is 0 Å². The summed E-state index contributed by atoms with van der Waals surface area (Å²) in [6.45, 7) is 2.05. The van der Waals surface area contributed by atoms with Gasteiger partial charge in [0.15, 0.2) is 0 Å². The van der Waals surface area contributed by atoms with Gasteiger partial charge >= 0.3 is 5.97 Å². The molecule has 0 amide bonds. The number of carboxylic acid groups (broad SMARTS) is 1. The first-order valence-corrected chi connectivity index (χ1v) is 6.30. The zero-order valence-corrected chi connectivity index (χ0v) is 10.6.